The molecule has 0 aliphatic heterocycles. The van der Waals surface area contributed by atoms with E-state index in [1.54, 1.807) is 35.1 Å². The van der Waals surface area contributed by atoms with Crippen LogP contribution in [-0.2, 0) is 11.3 Å². The molecule has 0 atom stereocenters. The molecule has 0 aliphatic rings. The van der Waals surface area contributed by atoms with Gasteiger partial charge in [0.15, 0.2) is 11.6 Å². The molecule has 25 heavy (non-hydrogen) atoms. The van der Waals surface area contributed by atoms with Gasteiger partial charge >= 0.3 is 5.97 Å². The number of methoxy groups -OCH3 is 2. The molecule has 0 amide bonds. The van der Waals surface area contributed by atoms with Crippen LogP contribution in [0.2, 0.25) is 0 Å². The molecule has 1 aromatic heterocycles. The number of aromatic nitrogens is 2. The van der Waals surface area contributed by atoms with Crippen LogP contribution in [0.5, 0.6) is 5.75 Å². The second kappa shape index (κ2) is 7.17. The van der Waals surface area contributed by atoms with Crippen molar-refractivity contribution in [1.82, 2.24) is 9.78 Å². The molecule has 0 fully saturated rings. The van der Waals surface area contributed by atoms with Crippen LogP contribution < -0.4 is 4.74 Å². The Morgan fingerprint density at radius 2 is 1.88 bits per heavy atom. The molecule has 0 bridgehead atoms. The van der Waals surface area contributed by atoms with Crippen molar-refractivity contribution in [3.8, 4) is 17.0 Å². The summed E-state index contributed by atoms with van der Waals surface area (Å²) in [6, 6.07) is 13.7. The first-order valence-corrected chi connectivity index (χ1v) is 7.65. The molecule has 0 aliphatic carbocycles. The van der Waals surface area contributed by atoms with Crippen LogP contribution in [0.25, 0.3) is 11.3 Å². The van der Waals surface area contributed by atoms with Crippen LogP contribution in [0.15, 0.2) is 54.7 Å². The average molecular weight is 340 g/mol. The SMILES string of the molecule is COC(=O)c1ccc(Cn2nccc2-c2ccc(OC)c(F)c2)cc1. The van der Waals surface area contributed by atoms with Gasteiger partial charge < -0.3 is 9.47 Å². The highest BCUT2D eigenvalue weighted by Gasteiger charge is 2.11. The Morgan fingerprint density at radius 3 is 2.52 bits per heavy atom. The van der Waals surface area contributed by atoms with Crippen LogP contribution in [0.1, 0.15) is 15.9 Å². The van der Waals surface area contributed by atoms with Gasteiger partial charge in [-0.15, -0.1) is 0 Å². The number of nitrogens with zero attached hydrogens (tertiary/aromatic N) is 2. The van der Waals surface area contributed by atoms with Crippen molar-refractivity contribution in [3.05, 3.63) is 71.7 Å². The summed E-state index contributed by atoms with van der Waals surface area (Å²) in [5.41, 5.74) is 2.95. The van der Waals surface area contributed by atoms with Gasteiger partial charge in [0.2, 0.25) is 0 Å². The molecule has 0 unspecified atom stereocenters. The van der Waals surface area contributed by atoms with E-state index in [0.29, 0.717) is 17.7 Å². The Hall–Kier alpha value is -3.15. The van der Waals surface area contributed by atoms with E-state index in [9.17, 15) is 9.18 Å². The second-order valence-electron chi connectivity index (χ2n) is 5.41. The Balaban J connectivity index is 1.85. The normalized spacial score (nSPS) is 10.5. The third kappa shape index (κ3) is 3.52. The van der Waals surface area contributed by atoms with Gasteiger partial charge in [-0.05, 0) is 42.0 Å². The van der Waals surface area contributed by atoms with E-state index < -0.39 is 5.82 Å². The maximum Gasteiger partial charge on any atom is 0.337 e. The highest BCUT2D eigenvalue weighted by Crippen LogP contribution is 2.25. The maximum absolute atomic E-state index is 14.0. The lowest BCUT2D eigenvalue weighted by Crippen LogP contribution is -2.05. The topological polar surface area (TPSA) is 53.4 Å². The van der Waals surface area contributed by atoms with E-state index >= 15 is 0 Å². The molecule has 0 spiro atoms. The quantitative estimate of drug-likeness (QED) is 0.667. The Kier molecular flexibility index (Phi) is 4.79. The fourth-order valence-electron chi connectivity index (χ4n) is 2.57. The predicted molar refractivity (Wildman–Crippen MR) is 91.1 cm³/mol. The summed E-state index contributed by atoms with van der Waals surface area (Å²) >= 11 is 0. The lowest BCUT2D eigenvalue weighted by atomic mass is 10.1. The number of carbonyl (C=O) groups is 1. The van der Waals surface area contributed by atoms with Crippen molar-refractivity contribution in [3.63, 3.8) is 0 Å². The van der Waals surface area contributed by atoms with Crippen molar-refractivity contribution in [2.24, 2.45) is 0 Å². The number of benzene rings is 2. The molecular formula is C19H17FN2O3. The van der Waals surface area contributed by atoms with Crippen molar-refractivity contribution < 1.29 is 18.7 Å². The standard InChI is InChI=1S/C19H17FN2O3/c1-24-18-8-7-15(11-16(18)20)17-9-10-21-22(17)12-13-3-5-14(6-4-13)19(23)25-2/h3-11H,12H2,1-2H3. The number of halogens is 1. The van der Waals surface area contributed by atoms with Crippen molar-refractivity contribution >= 4 is 5.97 Å². The fraction of sp³-hybridized carbons (Fsp3) is 0.158. The summed E-state index contributed by atoms with van der Waals surface area (Å²) in [7, 11) is 2.78. The highest BCUT2D eigenvalue weighted by atomic mass is 19.1. The van der Waals surface area contributed by atoms with E-state index in [1.165, 1.54) is 20.3 Å². The van der Waals surface area contributed by atoms with Crippen LogP contribution in [0.4, 0.5) is 4.39 Å². The summed E-state index contributed by atoms with van der Waals surface area (Å²) in [5, 5.41) is 4.31. The molecule has 1 heterocycles. The molecule has 5 nitrogen and oxygen atoms in total. The third-order valence-electron chi connectivity index (χ3n) is 3.87. The van der Waals surface area contributed by atoms with Gasteiger partial charge in [-0.3, -0.25) is 4.68 Å². The Labute approximate surface area is 144 Å². The molecule has 0 saturated carbocycles. The molecule has 3 aromatic rings. The van der Waals surface area contributed by atoms with Crippen LogP contribution in [0.3, 0.4) is 0 Å². The first-order valence-electron chi connectivity index (χ1n) is 7.65. The summed E-state index contributed by atoms with van der Waals surface area (Å²) < 4.78 is 25.4. The summed E-state index contributed by atoms with van der Waals surface area (Å²) in [5.74, 6) is -0.594. The Morgan fingerprint density at radius 1 is 1.12 bits per heavy atom. The van der Waals surface area contributed by atoms with Crippen molar-refractivity contribution in [2.75, 3.05) is 14.2 Å². The molecule has 128 valence electrons. The fourth-order valence-corrected chi connectivity index (χ4v) is 2.57. The summed E-state index contributed by atoms with van der Waals surface area (Å²) in [6.45, 7) is 0.497. The van der Waals surface area contributed by atoms with Gasteiger partial charge in [0, 0.05) is 11.8 Å². The monoisotopic (exact) mass is 340 g/mol. The van der Waals surface area contributed by atoms with E-state index in [1.807, 2.05) is 18.2 Å². The number of hydrogen-bond acceptors (Lipinski definition) is 4. The summed E-state index contributed by atoms with van der Waals surface area (Å²) in [6.07, 6.45) is 1.67. The van der Waals surface area contributed by atoms with Crippen molar-refractivity contribution in [1.29, 1.82) is 0 Å². The van der Waals surface area contributed by atoms with Crippen LogP contribution in [0, 0.1) is 5.82 Å². The van der Waals surface area contributed by atoms with Crippen LogP contribution in [-0.4, -0.2) is 30.0 Å². The molecule has 0 saturated heterocycles. The largest absolute Gasteiger partial charge is 0.494 e. The predicted octanol–water partition coefficient (Wildman–Crippen LogP) is 3.53. The van der Waals surface area contributed by atoms with Gasteiger partial charge in [0.05, 0.1) is 32.0 Å². The number of carbonyl (C=O) groups excluding carboxylic acids is 1. The van der Waals surface area contributed by atoms with E-state index in [2.05, 4.69) is 9.84 Å². The van der Waals surface area contributed by atoms with E-state index in [0.717, 1.165) is 11.3 Å². The van der Waals surface area contributed by atoms with Crippen LogP contribution >= 0.6 is 0 Å². The van der Waals surface area contributed by atoms with Crippen molar-refractivity contribution in [2.45, 2.75) is 6.54 Å². The average Bonchev–Trinajstić information content (AvgIpc) is 3.09. The Bertz CT molecular complexity index is 888. The zero-order valence-corrected chi connectivity index (χ0v) is 13.9. The molecule has 0 N–H and O–H groups in total. The third-order valence-corrected chi connectivity index (χ3v) is 3.87. The molecule has 6 heteroatoms. The van der Waals surface area contributed by atoms with E-state index in [4.69, 9.17) is 4.74 Å². The van der Waals surface area contributed by atoms with Gasteiger partial charge in [0.1, 0.15) is 0 Å². The number of ether oxygens (including phenoxy) is 2. The minimum atomic E-state index is -0.421. The van der Waals surface area contributed by atoms with Gasteiger partial charge in [-0.2, -0.15) is 5.10 Å². The number of rotatable bonds is 5. The molecule has 0 radical (unpaired) electrons. The van der Waals surface area contributed by atoms with Gasteiger partial charge in [0.25, 0.3) is 0 Å². The minimum absolute atomic E-state index is 0.202. The highest BCUT2D eigenvalue weighted by molar-refractivity contribution is 5.89. The summed E-state index contributed by atoms with van der Waals surface area (Å²) in [4.78, 5) is 11.5. The second-order valence-corrected chi connectivity index (χ2v) is 5.41. The van der Waals surface area contributed by atoms with Gasteiger partial charge in [-0.25, -0.2) is 9.18 Å². The van der Waals surface area contributed by atoms with E-state index in [-0.39, 0.29) is 11.7 Å². The number of hydrogen-bond donors (Lipinski definition) is 0. The first-order chi connectivity index (χ1) is 12.1. The molecule has 2 aromatic carbocycles. The molecular weight excluding hydrogens is 323 g/mol. The zero-order valence-electron chi connectivity index (χ0n) is 13.9. The minimum Gasteiger partial charge on any atom is -0.494 e. The smallest absolute Gasteiger partial charge is 0.337 e. The van der Waals surface area contributed by atoms with Gasteiger partial charge in [-0.1, -0.05) is 12.1 Å². The lowest BCUT2D eigenvalue weighted by molar-refractivity contribution is 0.0600. The number of esters is 1. The first kappa shape index (κ1) is 16.7. The molecule has 3 rings (SSSR count). The maximum atomic E-state index is 14.0. The zero-order chi connectivity index (χ0) is 17.8. The lowest BCUT2D eigenvalue weighted by Gasteiger charge is -2.10.